The van der Waals surface area contributed by atoms with Crippen molar-refractivity contribution in [3.05, 3.63) is 71.3 Å². The van der Waals surface area contributed by atoms with E-state index in [9.17, 15) is 10.2 Å². The lowest BCUT2D eigenvalue weighted by Gasteiger charge is -2.23. The largest absolute Gasteiger partial charge is 0.504 e. The molecule has 3 aromatic carbocycles. The van der Waals surface area contributed by atoms with E-state index in [1.54, 1.807) is 26.2 Å². The number of phenolic OH excluding ortho intramolecular Hbond substituents is 1. The Morgan fingerprint density at radius 1 is 0.789 bits per heavy atom. The topological polar surface area (TPSA) is 95.8 Å². The number of ether oxygens (including phenoxy) is 6. The average molecular weight is 523 g/mol. The zero-order valence-electron chi connectivity index (χ0n) is 22.2. The predicted octanol–water partition coefficient (Wildman–Crippen LogP) is 5.72. The van der Waals surface area contributed by atoms with Crippen LogP contribution < -0.4 is 23.7 Å². The van der Waals surface area contributed by atoms with E-state index in [0.717, 1.165) is 22.6 Å². The summed E-state index contributed by atoms with van der Waals surface area (Å²) in [7, 11) is 3.06. The minimum absolute atomic E-state index is 0.0443. The van der Waals surface area contributed by atoms with Gasteiger partial charge in [0.15, 0.2) is 34.5 Å². The summed E-state index contributed by atoms with van der Waals surface area (Å²) >= 11 is 0. The summed E-state index contributed by atoms with van der Waals surface area (Å²) in [4.78, 5) is 0. The molecule has 8 heteroatoms. The van der Waals surface area contributed by atoms with E-state index >= 15 is 0 Å². The lowest BCUT2D eigenvalue weighted by atomic mass is 9.85. The van der Waals surface area contributed by atoms with E-state index in [0.29, 0.717) is 22.8 Å². The molecule has 2 aliphatic heterocycles. The third-order valence-electron chi connectivity index (χ3n) is 7.62. The highest BCUT2D eigenvalue weighted by Crippen LogP contribution is 2.51. The van der Waals surface area contributed by atoms with Crippen LogP contribution in [0.3, 0.4) is 0 Å². The molecule has 8 nitrogen and oxygen atoms in total. The second-order valence-corrected chi connectivity index (χ2v) is 9.92. The van der Waals surface area contributed by atoms with Crippen molar-refractivity contribution in [1.82, 2.24) is 0 Å². The molecule has 2 aliphatic rings. The molecular weight excluding hydrogens is 488 g/mol. The molecule has 0 amide bonds. The molecule has 38 heavy (non-hydrogen) atoms. The highest BCUT2D eigenvalue weighted by molar-refractivity contribution is 5.47. The Morgan fingerprint density at radius 3 is 2.11 bits per heavy atom. The van der Waals surface area contributed by atoms with Crippen LogP contribution >= 0.6 is 0 Å². The van der Waals surface area contributed by atoms with Gasteiger partial charge >= 0.3 is 0 Å². The van der Waals surface area contributed by atoms with E-state index in [1.807, 2.05) is 36.4 Å². The van der Waals surface area contributed by atoms with E-state index in [1.165, 1.54) is 13.2 Å². The third-order valence-corrected chi connectivity index (χ3v) is 7.62. The van der Waals surface area contributed by atoms with Gasteiger partial charge in [0.25, 0.3) is 0 Å². The molecule has 5 rings (SSSR count). The average Bonchev–Trinajstić information content (AvgIpc) is 3.52. The fourth-order valence-corrected chi connectivity index (χ4v) is 5.20. The van der Waals surface area contributed by atoms with Crippen molar-refractivity contribution in [2.75, 3.05) is 21.0 Å². The quantitative estimate of drug-likeness (QED) is 0.388. The van der Waals surface area contributed by atoms with Crippen LogP contribution in [0, 0.1) is 11.8 Å². The number of hydrogen-bond acceptors (Lipinski definition) is 8. The summed E-state index contributed by atoms with van der Waals surface area (Å²) in [5.74, 6) is 3.39. The van der Waals surface area contributed by atoms with Crippen LogP contribution in [-0.2, 0) is 4.74 Å². The maximum Gasteiger partial charge on any atom is 0.231 e. The number of methoxy groups -OCH3 is 2. The van der Waals surface area contributed by atoms with Crippen LogP contribution in [0.4, 0.5) is 0 Å². The van der Waals surface area contributed by atoms with Crippen molar-refractivity contribution in [3.8, 4) is 34.5 Å². The summed E-state index contributed by atoms with van der Waals surface area (Å²) in [6.45, 7) is 6.40. The number of phenols is 1. The molecule has 0 aliphatic carbocycles. The van der Waals surface area contributed by atoms with E-state index in [-0.39, 0.29) is 36.6 Å². The van der Waals surface area contributed by atoms with Crippen LogP contribution in [0.15, 0.2) is 54.6 Å². The lowest BCUT2D eigenvalue weighted by molar-refractivity contribution is 0.0285. The predicted molar refractivity (Wildman–Crippen MR) is 140 cm³/mol. The van der Waals surface area contributed by atoms with Gasteiger partial charge in [-0.25, -0.2) is 0 Å². The summed E-state index contributed by atoms with van der Waals surface area (Å²) in [5.41, 5.74) is 2.57. The molecule has 2 N–H and O–H groups in total. The Kier molecular flexibility index (Phi) is 7.27. The Balaban J connectivity index is 1.32. The first-order valence-corrected chi connectivity index (χ1v) is 12.7. The maximum absolute atomic E-state index is 10.8. The fourth-order valence-electron chi connectivity index (χ4n) is 5.20. The van der Waals surface area contributed by atoms with Gasteiger partial charge in [-0.05, 0) is 71.8 Å². The molecule has 202 valence electrons. The second kappa shape index (κ2) is 10.6. The zero-order valence-corrected chi connectivity index (χ0v) is 22.2. The highest BCUT2D eigenvalue weighted by Gasteiger charge is 2.41. The molecule has 0 radical (unpaired) electrons. The van der Waals surface area contributed by atoms with Gasteiger partial charge in [-0.3, -0.25) is 0 Å². The van der Waals surface area contributed by atoms with Crippen molar-refractivity contribution in [2.45, 2.75) is 45.2 Å². The molecule has 1 fully saturated rings. The molecule has 0 unspecified atom stereocenters. The molecule has 2 heterocycles. The maximum atomic E-state index is 10.8. The number of fused-ring (bicyclic) bond motifs is 1. The van der Waals surface area contributed by atoms with E-state index in [4.69, 9.17) is 28.4 Å². The number of aromatic hydroxyl groups is 1. The molecule has 1 saturated heterocycles. The van der Waals surface area contributed by atoms with Crippen molar-refractivity contribution < 1.29 is 38.6 Å². The number of rotatable bonds is 8. The van der Waals surface area contributed by atoms with Gasteiger partial charge in [0, 0.05) is 0 Å². The molecule has 0 spiro atoms. The first-order valence-electron chi connectivity index (χ1n) is 12.7. The fraction of sp³-hybridized carbons (Fsp3) is 0.400. The van der Waals surface area contributed by atoms with Crippen molar-refractivity contribution in [2.24, 2.45) is 11.8 Å². The molecule has 6 atom stereocenters. The Hall–Kier alpha value is -3.62. The van der Waals surface area contributed by atoms with Gasteiger partial charge < -0.3 is 38.6 Å². The van der Waals surface area contributed by atoms with Crippen LogP contribution in [0.25, 0.3) is 0 Å². The first-order chi connectivity index (χ1) is 18.3. The molecule has 3 aromatic rings. The smallest absolute Gasteiger partial charge is 0.231 e. The number of hydrogen-bond donors (Lipinski definition) is 2. The normalized spacial score (nSPS) is 23.6. The van der Waals surface area contributed by atoms with Gasteiger partial charge in [-0.15, -0.1) is 0 Å². The van der Waals surface area contributed by atoms with Gasteiger partial charge in [0.2, 0.25) is 6.79 Å². The second-order valence-electron chi connectivity index (χ2n) is 9.92. The van der Waals surface area contributed by atoms with Crippen LogP contribution in [-0.4, -0.2) is 37.3 Å². The molecule has 0 saturated carbocycles. The van der Waals surface area contributed by atoms with Crippen LogP contribution in [0.1, 0.15) is 55.8 Å². The van der Waals surface area contributed by atoms with Gasteiger partial charge in [0.1, 0.15) is 12.2 Å². The number of benzene rings is 3. The highest BCUT2D eigenvalue weighted by atomic mass is 16.7. The minimum atomic E-state index is -0.974. The Labute approximate surface area is 222 Å². The van der Waals surface area contributed by atoms with Crippen molar-refractivity contribution in [3.63, 3.8) is 0 Å². The standard InChI is InChI=1S/C30H34O8/c1-16-17(2)30(21-7-10-24-27(14-21)36-15-35-24)38-29(16)20-8-11-25(26(13-20)34-5)37-18(3)28(32)19-6-9-23(33-4)22(31)12-19/h6-14,16-18,28-32H,15H2,1-5H3/t16-,17+,18+,28-,29+,30+/m0/s1. The number of aliphatic hydroxyl groups is 1. The van der Waals surface area contributed by atoms with Crippen LogP contribution in [0.5, 0.6) is 34.5 Å². The third kappa shape index (κ3) is 4.81. The summed E-state index contributed by atoms with van der Waals surface area (Å²) in [6.07, 6.45) is -1.80. The minimum Gasteiger partial charge on any atom is -0.504 e. The lowest BCUT2D eigenvalue weighted by Crippen LogP contribution is -2.22. The Morgan fingerprint density at radius 2 is 1.42 bits per heavy atom. The summed E-state index contributed by atoms with van der Waals surface area (Å²) in [5, 5.41) is 20.9. The molecular formula is C30H34O8. The monoisotopic (exact) mass is 522 g/mol. The van der Waals surface area contributed by atoms with Gasteiger partial charge in [-0.1, -0.05) is 32.0 Å². The van der Waals surface area contributed by atoms with E-state index < -0.39 is 12.2 Å². The van der Waals surface area contributed by atoms with Gasteiger partial charge in [-0.2, -0.15) is 0 Å². The zero-order chi connectivity index (χ0) is 27.0. The van der Waals surface area contributed by atoms with E-state index in [2.05, 4.69) is 13.8 Å². The van der Waals surface area contributed by atoms with Crippen molar-refractivity contribution >= 4 is 0 Å². The molecule has 0 bridgehead atoms. The Bertz CT molecular complexity index is 1290. The molecule has 0 aromatic heterocycles. The SMILES string of the molecule is COc1ccc([C@@H](O)[C@@H](C)Oc2ccc([C@@H]3O[C@@H](c4ccc5c(c4)OCO5)[C@H](C)[C@@H]3C)cc2OC)cc1O. The first kappa shape index (κ1) is 26.0. The summed E-state index contributed by atoms with van der Waals surface area (Å²) < 4.78 is 34.4. The summed E-state index contributed by atoms with van der Waals surface area (Å²) in [6, 6.07) is 16.5. The van der Waals surface area contributed by atoms with Gasteiger partial charge in [0.05, 0.1) is 26.4 Å². The van der Waals surface area contributed by atoms with Crippen molar-refractivity contribution in [1.29, 1.82) is 0 Å². The van der Waals surface area contributed by atoms with Crippen LogP contribution in [0.2, 0.25) is 0 Å². The number of aliphatic hydroxyl groups excluding tert-OH is 1.